The molecule has 0 aliphatic heterocycles. The molecular weight excluding hydrogens is 136 g/mol. The lowest BCUT2D eigenvalue weighted by Gasteiger charge is -2.26. The van der Waals surface area contributed by atoms with E-state index in [9.17, 15) is 0 Å². The van der Waals surface area contributed by atoms with Gasteiger partial charge in [0.05, 0.1) is 0 Å². The molecule has 0 aromatic heterocycles. The lowest BCUT2D eigenvalue weighted by molar-refractivity contribution is 0.401. The molecule has 3 heteroatoms. The fourth-order valence-corrected chi connectivity index (χ4v) is 0.695. The van der Waals surface area contributed by atoms with E-state index in [4.69, 9.17) is 23.1 Å². The van der Waals surface area contributed by atoms with Crippen molar-refractivity contribution < 1.29 is 0 Å². The Morgan fingerprint density at radius 1 is 1.67 bits per heavy atom. The fraction of sp³-hybridized carbons (Fsp3) is 1.00. The molecule has 0 saturated heterocycles. The predicted molar refractivity (Wildman–Crippen MR) is 41.3 cm³/mol. The summed E-state index contributed by atoms with van der Waals surface area (Å²) in [6, 6.07) is 0. The minimum atomic E-state index is -0.700. The summed E-state index contributed by atoms with van der Waals surface area (Å²) in [7, 11) is 0. The molecule has 9 heavy (non-hydrogen) atoms. The lowest BCUT2D eigenvalue weighted by Crippen LogP contribution is -2.46. The van der Waals surface area contributed by atoms with Gasteiger partial charge in [-0.2, -0.15) is 0 Å². The van der Waals surface area contributed by atoms with Gasteiger partial charge in [-0.05, 0) is 5.92 Å². The van der Waals surface area contributed by atoms with E-state index < -0.39 is 5.00 Å². The Morgan fingerprint density at radius 3 is 2.22 bits per heavy atom. The van der Waals surface area contributed by atoms with Crippen molar-refractivity contribution >= 4 is 11.6 Å². The quantitative estimate of drug-likeness (QED) is 0.464. The summed E-state index contributed by atoms with van der Waals surface area (Å²) in [5.74, 6) is 0.282. The number of hydrogen-bond acceptors (Lipinski definition) is 2. The molecule has 0 rings (SSSR count). The van der Waals surface area contributed by atoms with Crippen LogP contribution < -0.4 is 11.5 Å². The van der Waals surface area contributed by atoms with Crippen molar-refractivity contribution in [3.05, 3.63) is 0 Å². The molecule has 2 nitrogen and oxygen atoms in total. The third-order valence-corrected chi connectivity index (χ3v) is 2.27. The average molecular weight is 151 g/mol. The van der Waals surface area contributed by atoms with Crippen LogP contribution >= 0.6 is 11.6 Å². The summed E-state index contributed by atoms with van der Waals surface area (Å²) in [5, 5.41) is 0. The molecule has 0 radical (unpaired) electrons. The molecule has 0 heterocycles. The molecule has 0 bridgehead atoms. The molecule has 0 aliphatic carbocycles. The van der Waals surface area contributed by atoms with E-state index in [0.29, 0.717) is 6.54 Å². The monoisotopic (exact) mass is 150 g/mol. The second kappa shape index (κ2) is 3.40. The van der Waals surface area contributed by atoms with Gasteiger partial charge < -0.3 is 11.5 Å². The minimum Gasteiger partial charge on any atom is -0.328 e. The van der Waals surface area contributed by atoms with E-state index in [-0.39, 0.29) is 5.92 Å². The van der Waals surface area contributed by atoms with E-state index in [1.54, 1.807) is 0 Å². The summed E-state index contributed by atoms with van der Waals surface area (Å²) < 4.78 is 0. The normalized spacial score (nSPS) is 21.0. The highest BCUT2D eigenvalue weighted by Crippen LogP contribution is 2.20. The van der Waals surface area contributed by atoms with Crippen molar-refractivity contribution in [2.75, 3.05) is 6.54 Å². The first-order valence-electron chi connectivity index (χ1n) is 3.22. The molecule has 0 aromatic carbocycles. The van der Waals surface area contributed by atoms with E-state index in [1.807, 2.05) is 13.8 Å². The summed E-state index contributed by atoms with van der Waals surface area (Å²) >= 11 is 5.82. The van der Waals surface area contributed by atoms with Gasteiger partial charge in [-0.3, -0.25) is 0 Å². The maximum Gasteiger partial charge on any atom is 0.106 e. The largest absolute Gasteiger partial charge is 0.328 e. The first-order valence-corrected chi connectivity index (χ1v) is 3.60. The zero-order valence-electron chi connectivity index (χ0n) is 6.02. The highest BCUT2D eigenvalue weighted by Gasteiger charge is 2.25. The SMILES string of the molecule is CCC(C)C(N)(Cl)CN. The molecule has 0 amide bonds. The Labute approximate surface area is 61.5 Å². The third-order valence-electron chi connectivity index (χ3n) is 1.74. The average Bonchev–Trinajstić information content (AvgIpc) is 1.86. The van der Waals surface area contributed by atoms with Gasteiger partial charge in [0.25, 0.3) is 0 Å². The van der Waals surface area contributed by atoms with Crippen molar-refractivity contribution in [1.82, 2.24) is 0 Å². The topological polar surface area (TPSA) is 52.0 Å². The van der Waals surface area contributed by atoms with Crippen molar-refractivity contribution in [3.8, 4) is 0 Å². The van der Waals surface area contributed by atoms with E-state index in [0.717, 1.165) is 6.42 Å². The van der Waals surface area contributed by atoms with Gasteiger partial charge in [0.15, 0.2) is 0 Å². The minimum absolute atomic E-state index is 0.282. The van der Waals surface area contributed by atoms with Crippen LogP contribution in [-0.2, 0) is 0 Å². The van der Waals surface area contributed by atoms with E-state index >= 15 is 0 Å². The van der Waals surface area contributed by atoms with Crippen LogP contribution in [0.3, 0.4) is 0 Å². The Bertz CT molecular complexity index is 83.1. The number of halogens is 1. The van der Waals surface area contributed by atoms with Crippen LogP contribution in [0.25, 0.3) is 0 Å². The summed E-state index contributed by atoms with van der Waals surface area (Å²) in [5.41, 5.74) is 10.9. The Morgan fingerprint density at radius 2 is 2.11 bits per heavy atom. The van der Waals surface area contributed by atoms with Crippen molar-refractivity contribution in [3.63, 3.8) is 0 Å². The molecule has 2 unspecified atom stereocenters. The summed E-state index contributed by atoms with van der Waals surface area (Å²) in [6.07, 6.45) is 0.969. The first kappa shape index (κ1) is 9.21. The summed E-state index contributed by atoms with van der Waals surface area (Å²) in [4.78, 5) is -0.700. The van der Waals surface area contributed by atoms with Gasteiger partial charge in [0.1, 0.15) is 5.00 Å². The molecule has 56 valence electrons. The number of hydrogen-bond donors (Lipinski definition) is 2. The van der Waals surface area contributed by atoms with Gasteiger partial charge in [-0.1, -0.05) is 20.3 Å². The molecule has 0 aromatic rings. The van der Waals surface area contributed by atoms with Gasteiger partial charge in [-0.25, -0.2) is 0 Å². The first-order chi connectivity index (χ1) is 4.04. The molecular formula is C6H15ClN2. The van der Waals surface area contributed by atoms with Crippen LogP contribution in [0.15, 0.2) is 0 Å². The predicted octanol–water partition coefficient (Wildman–Crippen LogP) is 0.885. The number of alkyl halides is 1. The molecule has 4 N–H and O–H groups in total. The standard InChI is InChI=1S/C6H15ClN2/c1-3-5(2)6(7,9)4-8/h5H,3-4,8-9H2,1-2H3. The van der Waals surface area contributed by atoms with Crippen LogP contribution in [-0.4, -0.2) is 11.5 Å². The van der Waals surface area contributed by atoms with Crippen molar-refractivity contribution in [2.45, 2.75) is 25.3 Å². The number of rotatable bonds is 3. The van der Waals surface area contributed by atoms with Crippen LogP contribution in [0.2, 0.25) is 0 Å². The van der Waals surface area contributed by atoms with Gasteiger partial charge in [-0.15, -0.1) is 11.6 Å². The third kappa shape index (κ3) is 2.52. The van der Waals surface area contributed by atoms with Gasteiger partial charge >= 0.3 is 0 Å². The van der Waals surface area contributed by atoms with E-state index in [1.165, 1.54) is 0 Å². The fourth-order valence-electron chi connectivity index (χ4n) is 0.541. The molecule has 0 fully saturated rings. The molecule has 2 atom stereocenters. The second-order valence-corrected chi connectivity index (χ2v) is 3.14. The Kier molecular flexibility index (Phi) is 3.48. The zero-order valence-corrected chi connectivity index (χ0v) is 6.78. The highest BCUT2D eigenvalue weighted by atomic mass is 35.5. The Hall–Kier alpha value is 0.210. The van der Waals surface area contributed by atoms with Crippen molar-refractivity contribution in [2.24, 2.45) is 17.4 Å². The van der Waals surface area contributed by atoms with Crippen LogP contribution in [0.1, 0.15) is 20.3 Å². The van der Waals surface area contributed by atoms with Gasteiger partial charge in [0.2, 0.25) is 0 Å². The van der Waals surface area contributed by atoms with Crippen LogP contribution in [0.5, 0.6) is 0 Å². The maximum atomic E-state index is 5.82. The highest BCUT2D eigenvalue weighted by molar-refractivity contribution is 6.23. The second-order valence-electron chi connectivity index (χ2n) is 2.44. The van der Waals surface area contributed by atoms with Gasteiger partial charge in [0, 0.05) is 6.54 Å². The Balaban J connectivity index is 3.80. The zero-order chi connectivity index (χ0) is 7.49. The van der Waals surface area contributed by atoms with Crippen LogP contribution in [0, 0.1) is 5.92 Å². The molecule has 0 saturated carbocycles. The van der Waals surface area contributed by atoms with Crippen molar-refractivity contribution in [1.29, 1.82) is 0 Å². The van der Waals surface area contributed by atoms with E-state index in [2.05, 4.69) is 0 Å². The lowest BCUT2D eigenvalue weighted by atomic mass is 10.00. The molecule has 0 aliphatic rings. The smallest absolute Gasteiger partial charge is 0.106 e. The molecule has 0 spiro atoms. The summed E-state index contributed by atoms with van der Waals surface area (Å²) in [6.45, 7) is 4.38. The van der Waals surface area contributed by atoms with Crippen LogP contribution in [0.4, 0.5) is 0 Å². The number of nitrogens with two attached hydrogens (primary N) is 2. The maximum absolute atomic E-state index is 5.82.